The molecular formula is C21H26N4O2. The van der Waals surface area contributed by atoms with Crippen LogP contribution in [0.2, 0.25) is 0 Å². The first-order valence-corrected chi connectivity index (χ1v) is 8.92. The van der Waals surface area contributed by atoms with Crippen LogP contribution in [0.4, 0.5) is 5.82 Å². The van der Waals surface area contributed by atoms with Crippen LogP contribution in [0.5, 0.6) is 11.5 Å². The van der Waals surface area contributed by atoms with Crippen molar-refractivity contribution >= 4 is 16.7 Å². The minimum absolute atomic E-state index is 0.717. The molecule has 27 heavy (non-hydrogen) atoms. The molecule has 0 N–H and O–H groups in total. The zero-order valence-electron chi connectivity index (χ0n) is 16.3. The van der Waals surface area contributed by atoms with Gasteiger partial charge in [-0.15, -0.1) is 0 Å². The maximum absolute atomic E-state index is 5.46. The highest BCUT2D eigenvalue weighted by Crippen LogP contribution is 2.29. The van der Waals surface area contributed by atoms with Crippen LogP contribution in [0, 0.1) is 0 Å². The van der Waals surface area contributed by atoms with Crippen LogP contribution in [-0.2, 0) is 6.54 Å². The predicted octanol–water partition coefficient (Wildman–Crippen LogP) is 3.22. The summed E-state index contributed by atoms with van der Waals surface area (Å²) in [6.07, 6.45) is 1.63. The van der Waals surface area contributed by atoms with Crippen molar-refractivity contribution in [3.63, 3.8) is 0 Å². The number of aromatic nitrogens is 2. The molecular weight excluding hydrogens is 340 g/mol. The Morgan fingerprint density at radius 3 is 2.41 bits per heavy atom. The molecule has 3 aromatic rings. The zero-order valence-corrected chi connectivity index (χ0v) is 16.3. The Kier molecular flexibility index (Phi) is 6.08. The van der Waals surface area contributed by atoms with Gasteiger partial charge in [-0.05, 0) is 43.9 Å². The smallest absolute Gasteiger partial charge is 0.161 e. The molecule has 0 bridgehead atoms. The zero-order chi connectivity index (χ0) is 19.2. The normalized spacial score (nSPS) is 11.0. The number of anilines is 1. The number of benzene rings is 2. The topological polar surface area (TPSA) is 50.7 Å². The summed E-state index contributed by atoms with van der Waals surface area (Å²) in [5.74, 6) is 2.40. The molecule has 1 aromatic heterocycles. The van der Waals surface area contributed by atoms with E-state index < -0.39 is 0 Å². The highest BCUT2D eigenvalue weighted by atomic mass is 16.5. The van der Waals surface area contributed by atoms with Gasteiger partial charge in [0, 0.05) is 25.0 Å². The number of hydrogen-bond donors (Lipinski definition) is 0. The molecule has 0 aliphatic heterocycles. The van der Waals surface area contributed by atoms with Crippen molar-refractivity contribution in [1.82, 2.24) is 14.9 Å². The Balaban J connectivity index is 1.96. The summed E-state index contributed by atoms with van der Waals surface area (Å²) >= 11 is 0. The van der Waals surface area contributed by atoms with E-state index in [1.807, 2.05) is 30.3 Å². The molecule has 0 spiro atoms. The van der Waals surface area contributed by atoms with E-state index in [1.54, 1.807) is 20.5 Å². The number of ether oxygens (including phenoxy) is 2. The fraction of sp³-hybridized carbons (Fsp3) is 0.333. The monoisotopic (exact) mass is 366 g/mol. The van der Waals surface area contributed by atoms with Crippen molar-refractivity contribution in [1.29, 1.82) is 0 Å². The number of hydrogen-bond acceptors (Lipinski definition) is 6. The van der Waals surface area contributed by atoms with Gasteiger partial charge in [0.25, 0.3) is 0 Å². The highest BCUT2D eigenvalue weighted by molar-refractivity contribution is 5.89. The molecule has 142 valence electrons. The average Bonchev–Trinajstić information content (AvgIpc) is 2.70. The maximum Gasteiger partial charge on any atom is 0.161 e. The first-order chi connectivity index (χ1) is 13.1. The third-order valence-corrected chi connectivity index (χ3v) is 4.46. The van der Waals surface area contributed by atoms with Crippen LogP contribution in [0.15, 0.2) is 48.8 Å². The molecule has 6 heteroatoms. The van der Waals surface area contributed by atoms with Crippen LogP contribution in [0.1, 0.15) is 5.56 Å². The summed E-state index contributed by atoms with van der Waals surface area (Å²) < 4.78 is 10.8. The van der Waals surface area contributed by atoms with Crippen LogP contribution in [0.3, 0.4) is 0 Å². The summed E-state index contributed by atoms with van der Waals surface area (Å²) in [5.41, 5.74) is 2.08. The van der Waals surface area contributed by atoms with Crippen molar-refractivity contribution < 1.29 is 9.47 Å². The lowest BCUT2D eigenvalue weighted by Gasteiger charge is -2.26. The van der Waals surface area contributed by atoms with E-state index in [2.05, 4.69) is 46.0 Å². The van der Waals surface area contributed by atoms with Gasteiger partial charge in [-0.2, -0.15) is 0 Å². The van der Waals surface area contributed by atoms with E-state index in [-0.39, 0.29) is 0 Å². The molecule has 0 saturated heterocycles. The number of fused-ring (bicyclic) bond motifs is 1. The van der Waals surface area contributed by atoms with E-state index in [0.717, 1.165) is 53.4 Å². The molecule has 0 aliphatic rings. The second-order valence-corrected chi connectivity index (χ2v) is 6.63. The predicted molar refractivity (Wildman–Crippen MR) is 109 cm³/mol. The second-order valence-electron chi connectivity index (χ2n) is 6.63. The van der Waals surface area contributed by atoms with Gasteiger partial charge in [0.05, 0.1) is 19.7 Å². The SMILES string of the molecule is COc1ccc(CN(CCN(C)C)c2ncnc3ccccc23)cc1OC. The Labute approximate surface area is 160 Å². The Bertz CT molecular complexity index is 893. The fourth-order valence-electron chi connectivity index (χ4n) is 3.02. The first kappa shape index (κ1) is 18.9. The molecule has 0 fully saturated rings. The van der Waals surface area contributed by atoms with Gasteiger partial charge in [0.15, 0.2) is 11.5 Å². The van der Waals surface area contributed by atoms with Crippen molar-refractivity contribution in [2.24, 2.45) is 0 Å². The lowest BCUT2D eigenvalue weighted by Crippen LogP contribution is -2.32. The van der Waals surface area contributed by atoms with Crippen LogP contribution in [0.25, 0.3) is 10.9 Å². The largest absolute Gasteiger partial charge is 0.493 e. The Hall–Kier alpha value is -2.86. The molecule has 0 unspecified atom stereocenters. The lowest BCUT2D eigenvalue weighted by molar-refractivity contribution is 0.354. The minimum atomic E-state index is 0.717. The minimum Gasteiger partial charge on any atom is -0.493 e. The molecule has 6 nitrogen and oxygen atoms in total. The number of likely N-dealkylation sites (N-methyl/N-ethyl adjacent to an activating group) is 1. The maximum atomic E-state index is 5.46. The quantitative estimate of drug-likeness (QED) is 0.610. The van der Waals surface area contributed by atoms with E-state index >= 15 is 0 Å². The van der Waals surface area contributed by atoms with E-state index in [4.69, 9.17) is 9.47 Å². The van der Waals surface area contributed by atoms with E-state index in [0.29, 0.717) is 0 Å². The molecule has 0 atom stereocenters. The summed E-state index contributed by atoms with van der Waals surface area (Å²) in [7, 11) is 7.46. The lowest BCUT2D eigenvalue weighted by atomic mass is 10.1. The molecule has 0 amide bonds. The van der Waals surface area contributed by atoms with Gasteiger partial charge in [-0.1, -0.05) is 18.2 Å². The number of nitrogens with zero attached hydrogens (tertiary/aromatic N) is 4. The summed E-state index contributed by atoms with van der Waals surface area (Å²) in [5, 5.41) is 1.05. The second kappa shape index (κ2) is 8.68. The molecule has 3 rings (SSSR count). The summed E-state index contributed by atoms with van der Waals surface area (Å²) in [4.78, 5) is 13.4. The van der Waals surface area contributed by atoms with Crippen LogP contribution in [-0.4, -0.2) is 56.3 Å². The number of rotatable bonds is 8. The van der Waals surface area contributed by atoms with Crippen LogP contribution < -0.4 is 14.4 Å². The van der Waals surface area contributed by atoms with Crippen molar-refractivity contribution in [3.8, 4) is 11.5 Å². The Morgan fingerprint density at radius 2 is 1.67 bits per heavy atom. The summed E-state index contributed by atoms with van der Waals surface area (Å²) in [6, 6.07) is 14.1. The number of para-hydroxylation sites is 1. The summed E-state index contributed by atoms with van der Waals surface area (Å²) in [6.45, 7) is 2.49. The average molecular weight is 366 g/mol. The fourth-order valence-corrected chi connectivity index (χ4v) is 3.02. The highest BCUT2D eigenvalue weighted by Gasteiger charge is 2.14. The molecule has 0 saturated carbocycles. The standard InChI is InChI=1S/C21H26N4O2/c1-24(2)11-12-25(14-16-9-10-19(26-3)20(13-16)27-4)21-17-7-5-6-8-18(17)22-15-23-21/h5-10,13,15H,11-12,14H2,1-4H3. The van der Waals surface area contributed by atoms with Gasteiger partial charge in [0.2, 0.25) is 0 Å². The third-order valence-electron chi connectivity index (χ3n) is 4.46. The van der Waals surface area contributed by atoms with E-state index in [9.17, 15) is 0 Å². The number of methoxy groups -OCH3 is 2. The van der Waals surface area contributed by atoms with Gasteiger partial charge in [-0.3, -0.25) is 0 Å². The Morgan fingerprint density at radius 1 is 0.889 bits per heavy atom. The van der Waals surface area contributed by atoms with Gasteiger partial charge < -0.3 is 19.3 Å². The van der Waals surface area contributed by atoms with Crippen molar-refractivity contribution in [2.75, 3.05) is 46.3 Å². The van der Waals surface area contributed by atoms with Crippen LogP contribution >= 0.6 is 0 Å². The molecule has 0 aliphatic carbocycles. The van der Waals surface area contributed by atoms with Gasteiger partial charge >= 0.3 is 0 Å². The molecule has 2 aromatic carbocycles. The van der Waals surface area contributed by atoms with Gasteiger partial charge in [-0.25, -0.2) is 9.97 Å². The van der Waals surface area contributed by atoms with Crippen molar-refractivity contribution in [3.05, 3.63) is 54.4 Å². The molecule has 1 heterocycles. The molecule has 0 radical (unpaired) electrons. The first-order valence-electron chi connectivity index (χ1n) is 8.92. The van der Waals surface area contributed by atoms with Crippen molar-refractivity contribution in [2.45, 2.75) is 6.54 Å². The third kappa shape index (κ3) is 4.46. The van der Waals surface area contributed by atoms with E-state index in [1.165, 1.54) is 0 Å². The van der Waals surface area contributed by atoms with Gasteiger partial charge in [0.1, 0.15) is 12.1 Å².